The minimum atomic E-state index is 0.365. The Kier molecular flexibility index (Phi) is 2.90. The molecular weight excluding hydrogens is 212 g/mol. The lowest BCUT2D eigenvalue weighted by atomic mass is 9.85. The van der Waals surface area contributed by atoms with Crippen molar-refractivity contribution < 1.29 is 0 Å². The fourth-order valence-corrected chi connectivity index (χ4v) is 3.27. The molecule has 3 rings (SSSR count). The molecule has 3 atom stereocenters. The van der Waals surface area contributed by atoms with Crippen LogP contribution in [0, 0.1) is 5.92 Å². The van der Waals surface area contributed by atoms with Gasteiger partial charge in [-0.15, -0.1) is 10.2 Å². The highest BCUT2D eigenvalue weighted by molar-refractivity contribution is 5.06. The van der Waals surface area contributed by atoms with Crippen molar-refractivity contribution in [1.82, 2.24) is 14.8 Å². The minimum Gasteiger partial charge on any atom is -0.328 e. The lowest BCUT2D eigenvalue weighted by Gasteiger charge is -2.28. The first-order valence-corrected chi connectivity index (χ1v) is 6.91. The molecule has 4 heteroatoms. The summed E-state index contributed by atoms with van der Waals surface area (Å²) in [5.41, 5.74) is 6.07. The van der Waals surface area contributed by atoms with Crippen molar-refractivity contribution in [3.05, 3.63) is 11.6 Å². The number of hydrogen-bond acceptors (Lipinski definition) is 3. The number of nitrogens with two attached hydrogens (primary N) is 1. The first-order valence-electron chi connectivity index (χ1n) is 6.91. The summed E-state index contributed by atoms with van der Waals surface area (Å²) in [5.74, 6) is 3.71. The van der Waals surface area contributed by atoms with Crippen LogP contribution in [0.3, 0.4) is 0 Å². The van der Waals surface area contributed by atoms with Gasteiger partial charge < -0.3 is 10.3 Å². The zero-order valence-corrected chi connectivity index (χ0v) is 10.6. The summed E-state index contributed by atoms with van der Waals surface area (Å²) in [5, 5.41) is 8.83. The molecule has 1 aliphatic carbocycles. The van der Waals surface area contributed by atoms with Crippen molar-refractivity contribution in [2.45, 2.75) is 64.0 Å². The van der Waals surface area contributed by atoms with Gasteiger partial charge in [0.25, 0.3) is 0 Å². The fourth-order valence-electron chi connectivity index (χ4n) is 3.27. The summed E-state index contributed by atoms with van der Waals surface area (Å²) < 4.78 is 2.36. The molecule has 1 aromatic heterocycles. The Balaban J connectivity index is 1.84. The van der Waals surface area contributed by atoms with Gasteiger partial charge >= 0.3 is 0 Å². The van der Waals surface area contributed by atoms with Crippen molar-refractivity contribution in [2.24, 2.45) is 11.7 Å². The van der Waals surface area contributed by atoms with Crippen LogP contribution < -0.4 is 5.73 Å². The predicted octanol–water partition coefficient (Wildman–Crippen LogP) is 1.85. The van der Waals surface area contributed by atoms with Crippen LogP contribution in [0.5, 0.6) is 0 Å². The smallest absolute Gasteiger partial charge is 0.136 e. The molecule has 94 valence electrons. The van der Waals surface area contributed by atoms with Crippen LogP contribution in [0.4, 0.5) is 0 Å². The molecule has 2 heterocycles. The maximum absolute atomic E-state index is 6.07. The number of nitrogens with zero attached hydrogens (tertiary/aromatic N) is 3. The zero-order chi connectivity index (χ0) is 11.8. The van der Waals surface area contributed by atoms with Gasteiger partial charge in [0.2, 0.25) is 0 Å². The Bertz CT molecular complexity index is 398. The molecular formula is C13H22N4. The zero-order valence-electron chi connectivity index (χ0n) is 10.6. The molecule has 1 fully saturated rings. The van der Waals surface area contributed by atoms with Crippen molar-refractivity contribution >= 4 is 0 Å². The van der Waals surface area contributed by atoms with E-state index >= 15 is 0 Å². The number of rotatable bonds is 1. The highest BCUT2D eigenvalue weighted by Gasteiger charge is 2.28. The molecule has 0 spiro atoms. The molecule has 2 N–H and O–H groups in total. The van der Waals surface area contributed by atoms with Crippen molar-refractivity contribution in [1.29, 1.82) is 0 Å². The van der Waals surface area contributed by atoms with Gasteiger partial charge in [0, 0.05) is 24.9 Å². The molecule has 0 radical (unpaired) electrons. The van der Waals surface area contributed by atoms with Crippen molar-refractivity contribution in [2.75, 3.05) is 0 Å². The number of fused-ring (bicyclic) bond motifs is 1. The minimum absolute atomic E-state index is 0.365. The average Bonchev–Trinajstić information content (AvgIpc) is 2.71. The quantitative estimate of drug-likeness (QED) is 0.806. The van der Waals surface area contributed by atoms with Gasteiger partial charge in [0.05, 0.1) is 0 Å². The maximum atomic E-state index is 6.07. The second kappa shape index (κ2) is 4.41. The Morgan fingerprint density at radius 1 is 1.24 bits per heavy atom. The topological polar surface area (TPSA) is 56.7 Å². The highest BCUT2D eigenvalue weighted by atomic mass is 15.3. The van der Waals surface area contributed by atoms with E-state index in [4.69, 9.17) is 5.73 Å². The van der Waals surface area contributed by atoms with Crippen LogP contribution in [0.15, 0.2) is 0 Å². The Morgan fingerprint density at radius 3 is 2.94 bits per heavy atom. The second-order valence-corrected chi connectivity index (χ2v) is 5.85. The van der Waals surface area contributed by atoms with Crippen LogP contribution in [-0.4, -0.2) is 20.8 Å². The van der Waals surface area contributed by atoms with Crippen LogP contribution in [0.1, 0.15) is 56.6 Å². The van der Waals surface area contributed by atoms with Gasteiger partial charge in [-0.05, 0) is 31.6 Å². The molecule has 3 unspecified atom stereocenters. The van der Waals surface area contributed by atoms with Crippen LogP contribution in [0.2, 0.25) is 0 Å². The third-order valence-corrected chi connectivity index (χ3v) is 4.31. The van der Waals surface area contributed by atoms with Gasteiger partial charge in [-0.25, -0.2) is 0 Å². The molecule has 0 amide bonds. The van der Waals surface area contributed by atoms with E-state index in [1.165, 1.54) is 37.3 Å². The number of aromatic nitrogens is 3. The maximum Gasteiger partial charge on any atom is 0.136 e. The lowest BCUT2D eigenvalue weighted by Crippen LogP contribution is -2.29. The fraction of sp³-hybridized carbons (Fsp3) is 0.846. The molecule has 0 aromatic carbocycles. The van der Waals surface area contributed by atoms with E-state index < -0.39 is 0 Å². The molecule has 1 aliphatic heterocycles. The number of hydrogen-bond donors (Lipinski definition) is 1. The lowest BCUT2D eigenvalue weighted by molar-refractivity contribution is 0.352. The summed E-state index contributed by atoms with van der Waals surface area (Å²) in [7, 11) is 0. The summed E-state index contributed by atoms with van der Waals surface area (Å²) in [4.78, 5) is 0. The molecule has 0 bridgehead atoms. The second-order valence-electron chi connectivity index (χ2n) is 5.85. The van der Waals surface area contributed by atoms with E-state index in [9.17, 15) is 0 Å². The van der Waals surface area contributed by atoms with Gasteiger partial charge in [-0.3, -0.25) is 0 Å². The van der Waals surface area contributed by atoms with E-state index in [0.717, 1.165) is 25.3 Å². The highest BCUT2D eigenvalue weighted by Crippen LogP contribution is 2.33. The first-order chi connectivity index (χ1) is 8.24. The summed E-state index contributed by atoms with van der Waals surface area (Å²) >= 11 is 0. The normalized spacial score (nSPS) is 33.4. The average molecular weight is 234 g/mol. The summed E-state index contributed by atoms with van der Waals surface area (Å²) in [6.45, 7) is 3.40. The van der Waals surface area contributed by atoms with Crippen LogP contribution >= 0.6 is 0 Å². The van der Waals surface area contributed by atoms with Crippen LogP contribution in [0.25, 0.3) is 0 Å². The third-order valence-electron chi connectivity index (χ3n) is 4.31. The van der Waals surface area contributed by atoms with Crippen molar-refractivity contribution in [3.8, 4) is 0 Å². The summed E-state index contributed by atoms with van der Waals surface area (Å²) in [6, 6.07) is 0.365. The van der Waals surface area contributed by atoms with Gasteiger partial charge in [-0.2, -0.15) is 0 Å². The standard InChI is InChI=1S/C13H22N4/c1-9-5-6-17-12(7-9)15-16-13(17)10-3-2-4-11(14)8-10/h9-11H,2-8,14H2,1H3. The van der Waals surface area contributed by atoms with Crippen LogP contribution in [-0.2, 0) is 13.0 Å². The molecule has 0 saturated heterocycles. The van der Waals surface area contributed by atoms with Gasteiger partial charge in [-0.1, -0.05) is 13.3 Å². The van der Waals surface area contributed by atoms with E-state index in [-0.39, 0.29) is 0 Å². The SMILES string of the molecule is CC1CCn2c(nnc2C2CCCC(N)C2)C1. The Morgan fingerprint density at radius 2 is 2.12 bits per heavy atom. The van der Waals surface area contributed by atoms with Gasteiger partial charge in [0.15, 0.2) is 0 Å². The Hall–Kier alpha value is -0.900. The largest absolute Gasteiger partial charge is 0.328 e. The van der Waals surface area contributed by atoms with E-state index in [0.29, 0.717) is 12.0 Å². The van der Waals surface area contributed by atoms with E-state index in [1.54, 1.807) is 0 Å². The monoisotopic (exact) mass is 234 g/mol. The Labute approximate surface area is 103 Å². The molecule has 1 saturated carbocycles. The first kappa shape index (κ1) is 11.2. The summed E-state index contributed by atoms with van der Waals surface area (Å²) in [6.07, 6.45) is 7.09. The van der Waals surface area contributed by atoms with Gasteiger partial charge in [0.1, 0.15) is 11.6 Å². The van der Waals surface area contributed by atoms with E-state index in [2.05, 4.69) is 21.7 Å². The molecule has 2 aliphatic rings. The molecule has 4 nitrogen and oxygen atoms in total. The predicted molar refractivity (Wildman–Crippen MR) is 66.7 cm³/mol. The third kappa shape index (κ3) is 2.10. The van der Waals surface area contributed by atoms with Crippen molar-refractivity contribution in [3.63, 3.8) is 0 Å². The molecule has 1 aromatic rings. The van der Waals surface area contributed by atoms with E-state index in [1.807, 2.05) is 0 Å². The molecule has 17 heavy (non-hydrogen) atoms.